The molecule has 86 valence electrons. The maximum absolute atomic E-state index is 5.23. The highest BCUT2D eigenvalue weighted by atomic mass is 16.6. The molecule has 5 heteroatoms. The van der Waals surface area contributed by atoms with Gasteiger partial charge in [0.05, 0.1) is 13.0 Å². The Kier molecular flexibility index (Phi) is 8.37. The number of aliphatic imine (C=N–C) groups is 1. The summed E-state index contributed by atoms with van der Waals surface area (Å²) in [5, 5.41) is 6.78. The van der Waals surface area contributed by atoms with Crippen molar-refractivity contribution in [2.24, 2.45) is 15.9 Å². The van der Waals surface area contributed by atoms with E-state index in [2.05, 4.69) is 22.4 Å². The van der Waals surface area contributed by atoms with Crippen LogP contribution in [0.25, 0.3) is 0 Å². The second-order valence-electron chi connectivity index (χ2n) is 2.91. The van der Waals surface area contributed by atoms with Gasteiger partial charge in [-0.05, 0) is 26.3 Å². The van der Waals surface area contributed by atoms with Crippen LogP contribution in [0.1, 0.15) is 27.2 Å². The molecule has 15 heavy (non-hydrogen) atoms. The largest absolute Gasteiger partial charge is 0.370 e. The van der Waals surface area contributed by atoms with Gasteiger partial charge in [-0.25, -0.2) is 0 Å². The third-order valence-corrected chi connectivity index (χ3v) is 1.66. The second kappa shape index (κ2) is 9.21. The SMILES string of the molecule is C/C=N/O/C(C)=C/C(CC)N/C=N\CN. The lowest BCUT2D eigenvalue weighted by atomic mass is 10.2. The Bertz CT molecular complexity index is 236. The van der Waals surface area contributed by atoms with Crippen molar-refractivity contribution in [3.63, 3.8) is 0 Å². The fourth-order valence-corrected chi connectivity index (χ4v) is 0.935. The summed E-state index contributed by atoms with van der Waals surface area (Å²) in [4.78, 5) is 8.92. The zero-order chi connectivity index (χ0) is 11.5. The van der Waals surface area contributed by atoms with Crippen LogP contribution in [0.4, 0.5) is 0 Å². The van der Waals surface area contributed by atoms with Crippen LogP contribution in [0, 0.1) is 0 Å². The van der Waals surface area contributed by atoms with E-state index in [0.29, 0.717) is 6.67 Å². The van der Waals surface area contributed by atoms with Gasteiger partial charge in [-0.3, -0.25) is 4.99 Å². The van der Waals surface area contributed by atoms with Crippen molar-refractivity contribution in [3.8, 4) is 0 Å². The van der Waals surface area contributed by atoms with Crippen molar-refractivity contribution in [1.29, 1.82) is 0 Å². The highest BCUT2D eigenvalue weighted by Gasteiger charge is 2.00. The van der Waals surface area contributed by atoms with E-state index in [4.69, 9.17) is 10.6 Å². The molecule has 5 nitrogen and oxygen atoms in total. The van der Waals surface area contributed by atoms with Gasteiger partial charge in [0.15, 0.2) is 0 Å². The molecule has 0 heterocycles. The van der Waals surface area contributed by atoms with Gasteiger partial charge < -0.3 is 15.9 Å². The number of hydrogen-bond acceptors (Lipinski definition) is 4. The molecule has 0 bridgehead atoms. The van der Waals surface area contributed by atoms with E-state index in [9.17, 15) is 0 Å². The molecule has 0 aromatic heterocycles. The first-order chi connectivity index (χ1) is 7.24. The van der Waals surface area contributed by atoms with E-state index in [0.717, 1.165) is 12.2 Å². The number of rotatable bonds is 7. The molecule has 0 aliphatic rings. The lowest BCUT2D eigenvalue weighted by Gasteiger charge is -2.10. The molecule has 0 aromatic carbocycles. The third kappa shape index (κ3) is 7.69. The van der Waals surface area contributed by atoms with Gasteiger partial charge in [-0.1, -0.05) is 12.1 Å². The summed E-state index contributed by atoms with van der Waals surface area (Å²) < 4.78 is 0. The Morgan fingerprint density at radius 3 is 2.87 bits per heavy atom. The van der Waals surface area contributed by atoms with Crippen LogP contribution in [-0.4, -0.2) is 25.3 Å². The molecule has 0 aromatic rings. The summed E-state index contributed by atoms with van der Waals surface area (Å²) in [5.74, 6) is 0.758. The lowest BCUT2D eigenvalue weighted by molar-refractivity contribution is 0.229. The third-order valence-electron chi connectivity index (χ3n) is 1.66. The Hall–Kier alpha value is -1.36. The van der Waals surface area contributed by atoms with Gasteiger partial charge in [0.25, 0.3) is 0 Å². The molecule has 3 N–H and O–H groups in total. The summed E-state index contributed by atoms with van der Waals surface area (Å²) in [7, 11) is 0. The van der Waals surface area contributed by atoms with Crippen molar-refractivity contribution in [3.05, 3.63) is 11.8 Å². The Balaban J connectivity index is 4.10. The van der Waals surface area contributed by atoms with Gasteiger partial charge >= 0.3 is 0 Å². The van der Waals surface area contributed by atoms with Crippen LogP contribution in [0.5, 0.6) is 0 Å². The van der Waals surface area contributed by atoms with E-state index < -0.39 is 0 Å². The number of nitrogens with two attached hydrogens (primary N) is 1. The van der Waals surface area contributed by atoms with Crippen LogP contribution in [-0.2, 0) is 4.84 Å². The Morgan fingerprint density at radius 2 is 2.33 bits per heavy atom. The van der Waals surface area contributed by atoms with Crippen LogP contribution < -0.4 is 11.1 Å². The number of allylic oxidation sites excluding steroid dienone is 1. The fraction of sp³-hybridized carbons (Fsp3) is 0.600. The first kappa shape index (κ1) is 13.6. The topological polar surface area (TPSA) is 72.0 Å². The molecule has 0 spiro atoms. The number of nitrogens with one attached hydrogen (secondary N) is 1. The summed E-state index contributed by atoms with van der Waals surface area (Å²) in [6, 6.07) is 0.187. The van der Waals surface area contributed by atoms with Gasteiger partial charge in [0.2, 0.25) is 0 Å². The molecular weight excluding hydrogens is 192 g/mol. The van der Waals surface area contributed by atoms with E-state index >= 15 is 0 Å². The van der Waals surface area contributed by atoms with Crippen molar-refractivity contribution >= 4 is 12.6 Å². The Labute approximate surface area is 91.1 Å². The minimum Gasteiger partial charge on any atom is -0.370 e. The first-order valence-corrected chi connectivity index (χ1v) is 5.02. The number of hydrogen-bond donors (Lipinski definition) is 2. The fourth-order valence-electron chi connectivity index (χ4n) is 0.935. The van der Waals surface area contributed by atoms with Gasteiger partial charge in [-0.2, -0.15) is 0 Å². The minimum atomic E-state index is 0.187. The molecule has 0 amide bonds. The maximum atomic E-state index is 5.23. The van der Waals surface area contributed by atoms with Crippen molar-refractivity contribution < 1.29 is 4.84 Å². The molecule has 1 unspecified atom stereocenters. The van der Waals surface area contributed by atoms with E-state index in [1.54, 1.807) is 19.5 Å². The summed E-state index contributed by atoms with van der Waals surface area (Å²) >= 11 is 0. The van der Waals surface area contributed by atoms with Crippen molar-refractivity contribution in [2.75, 3.05) is 6.67 Å². The zero-order valence-electron chi connectivity index (χ0n) is 9.60. The van der Waals surface area contributed by atoms with Crippen molar-refractivity contribution in [1.82, 2.24) is 5.32 Å². The summed E-state index contributed by atoms with van der Waals surface area (Å²) in [5.41, 5.74) is 5.23. The van der Waals surface area contributed by atoms with E-state index in [1.165, 1.54) is 0 Å². The van der Waals surface area contributed by atoms with Crippen molar-refractivity contribution in [2.45, 2.75) is 33.2 Å². The minimum absolute atomic E-state index is 0.187. The van der Waals surface area contributed by atoms with Crippen LogP contribution in [0.2, 0.25) is 0 Å². The molecule has 0 fully saturated rings. The summed E-state index contributed by atoms with van der Waals surface area (Å²) in [6.07, 6.45) is 6.10. The molecule has 0 radical (unpaired) electrons. The monoisotopic (exact) mass is 212 g/mol. The standard InChI is InChI=1S/C10H20N4O/c1-4-10(13-8-12-7-11)6-9(3)15-14-5-2/h5-6,8,10H,4,7,11H2,1-3H3,(H,12,13)/b9-6+,14-5+. The molecule has 0 aliphatic carbocycles. The highest BCUT2D eigenvalue weighted by Crippen LogP contribution is 2.01. The molecule has 1 atom stereocenters. The van der Waals surface area contributed by atoms with Crippen LogP contribution in [0.15, 0.2) is 22.0 Å². The smallest absolute Gasteiger partial charge is 0.130 e. The predicted molar refractivity (Wildman–Crippen MR) is 63.8 cm³/mol. The average Bonchev–Trinajstić information content (AvgIpc) is 2.25. The highest BCUT2D eigenvalue weighted by molar-refractivity contribution is 5.55. The van der Waals surface area contributed by atoms with E-state index in [1.807, 2.05) is 13.0 Å². The maximum Gasteiger partial charge on any atom is 0.130 e. The molecular formula is C10H20N4O. The average molecular weight is 212 g/mol. The van der Waals surface area contributed by atoms with Gasteiger partial charge in [-0.15, -0.1) is 0 Å². The predicted octanol–water partition coefficient (Wildman–Crippen LogP) is 1.23. The van der Waals surface area contributed by atoms with Crippen LogP contribution >= 0.6 is 0 Å². The quantitative estimate of drug-likeness (QED) is 0.288. The molecule has 0 rings (SSSR count). The normalized spacial score (nSPS) is 14.8. The Morgan fingerprint density at radius 1 is 1.60 bits per heavy atom. The lowest BCUT2D eigenvalue weighted by Crippen LogP contribution is -2.25. The number of nitrogens with zero attached hydrogens (tertiary/aromatic N) is 2. The molecule has 0 aliphatic heterocycles. The second-order valence-corrected chi connectivity index (χ2v) is 2.91. The molecule has 0 saturated heterocycles. The first-order valence-electron chi connectivity index (χ1n) is 5.02. The van der Waals surface area contributed by atoms with Gasteiger partial charge in [0.1, 0.15) is 5.76 Å². The zero-order valence-corrected chi connectivity index (χ0v) is 9.60. The van der Waals surface area contributed by atoms with Gasteiger partial charge in [0, 0.05) is 12.3 Å². The van der Waals surface area contributed by atoms with E-state index in [-0.39, 0.29) is 6.04 Å². The number of oxime groups is 1. The molecule has 0 saturated carbocycles. The summed E-state index contributed by atoms with van der Waals surface area (Å²) in [6.45, 7) is 6.03. The van der Waals surface area contributed by atoms with Crippen LogP contribution in [0.3, 0.4) is 0 Å².